The van der Waals surface area contributed by atoms with E-state index >= 15 is 0 Å². The first kappa shape index (κ1) is 41.3. The van der Waals surface area contributed by atoms with Gasteiger partial charge in [-0.1, -0.05) is 102 Å². The normalized spacial score (nSPS) is 12.5. The Balaban J connectivity index is 0.000000361. The van der Waals surface area contributed by atoms with Gasteiger partial charge in [-0.15, -0.1) is 28.8 Å². The van der Waals surface area contributed by atoms with Crippen molar-refractivity contribution in [1.82, 2.24) is 9.97 Å². The van der Waals surface area contributed by atoms with Gasteiger partial charge in [-0.05, 0) is 69.1 Å². The zero-order valence-electron chi connectivity index (χ0n) is 32.3. The SMILES string of the molecule is CCC(CC)C(=O)/C=C(\O)C(CC)CC.Cc1cc2[c-]c(-c3ncnc4c3oc3cc(CC(C)(C)C)ccc34)cc([Si](C)(C)C)c2cc1C.[Ir]. The predicted octanol–water partition coefficient (Wildman–Crippen LogP) is 11.6. The number of allylic oxidation sites excluding steroid dienone is 2. The van der Waals surface area contributed by atoms with E-state index in [9.17, 15) is 9.90 Å². The van der Waals surface area contributed by atoms with Crippen LogP contribution in [0.5, 0.6) is 0 Å². The molecule has 0 atom stereocenters. The maximum absolute atomic E-state index is 11.7. The van der Waals surface area contributed by atoms with Gasteiger partial charge in [-0.25, -0.2) is 4.98 Å². The molecule has 0 bridgehead atoms. The molecular formula is C43H57IrN2O3Si-. The zero-order chi connectivity index (χ0) is 36.3. The van der Waals surface area contributed by atoms with Crippen LogP contribution < -0.4 is 5.19 Å². The van der Waals surface area contributed by atoms with E-state index in [1.807, 2.05) is 27.7 Å². The van der Waals surface area contributed by atoms with Gasteiger partial charge in [0, 0.05) is 43.4 Å². The van der Waals surface area contributed by atoms with Gasteiger partial charge < -0.3 is 9.52 Å². The van der Waals surface area contributed by atoms with Crippen LogP contribution in [0.3, 0.4) is 0 Å². The Morgan fingerprint density at radius 3 is 2.10 bits per heavy atom. The summed E-state index contributed by atoms with van der Waals surface area (Å²) in [5.74, 6) is 0.547. The number of aliphatic hydroxyl groups is 1. The molecule has 5 rings (SSSR count). The van der Waals surface area contributed by atoms with E-state index in [1.54, 1.807) is 6.33 Å². The van der Waals surface area contributed by atoms with Crippen molar-refractivity contribution in [3.63, 3.8) is 0 Å². The van der Waals surface area contributed by atoms with Crippen LogP contribution in [-0.2, 0) is 31.3 Å². The summed E-state index contributed by atoms with van der Waals surface area (Å²) in [6.07, 6.45) is 7.56. The molecule has 0 saturated carbocycles. The maximum atomic E-state index is 11.7. The zero-order valence-corrected chi connectivity index (χ0v) is 35.7. The summed E-state index contributed by atoms with van der Waals surface area (Å²) in [5.41, 5.74) is 8.37. The van der Waals surface area contributed by atoms with Gasteiger partial charge in [0.05, 0.1) is 19.5 Å². The number of hydrogen-bond acceptors (Lipinski definition) is 5. The second-order valence-electron chi connectivity index (χ2n) is 15.9. The van der Waals surface area contributed by atoms with E-state index < -0.39 is 8.07 Å². The minimum absolute atomic E-state index is 0. The van der Waals surface area contributed by atoms with Gasteiger partial charge in [-0.3, -0.25) is 9.78 Å². The molecule has 50 heavy (non-hydrogen) atoms. The van der Waals surface area contributed by atoms with Crippen molar-refractivity contribution in [2.45, 2.75) is 114 Å². The molecule has 0 spiro atoms. The number of benzene rings is 3. The molecule has 2 aromatic heterocycles. The molecular weight excluding hydrogens is 813 g/mol. The largest absolute Gasteiger partial charge is 0.512 e. The Kier molecular flexibility index (Phi) is 14.0. The molecule has 0 aliphatic carbocycles. The third kappa shape index (κ3) is 9.60. The topological polar surface area (TPSA) is 76.2 Å². The molecule has 0 amide bonds. The fraction of sp³-hybridized carbons (Fsp3) is 0.465. The molecule has 7 heteroatoms. The summed E-state index contributed by atoms with van der Waals surface area (Å²) in [6, 6.07) is 17.1. The van der Waals surface area contributed by atoms with Crippen molar-refractivity contribution in [2.24, 2.45) is 17.3 Å². The standard InChI is InChI=1S/C30H33N2OSi.C13H24O2.Ir/c1-18-11-21-14-22(15-26(34(6,7)8)24(21)12-19(18)2)27-29-28(32-17-31-27)23-10-9-20(13-25(23)33-29)16-30(3,4)5;1-5-10(6-2)12(14)9-13(15)11(7-3)8-4;/h9-13,15,17H,16H2,1-8H3;9-11,14H,5-8H2,1-4H3;/q-1;;/b;12-9-;. The molecule has 0 unspecified atom stereocenters. The van der Waals surface area contributed by atoms with Gasteiger partial charge in [0.15, 0.2) is 5.78 Å². The van der Waals surface area contributed by atoms with E-state index in [0.29, 0.717) is 0 Å². The molecule has 0 aliphatic rings. The molecule has 5 aromatic rings. The minimum Gasteiger partial charge on any atom is -0.512 e. The third-order valence-electron chi connectivity index (χ3n) is 9.68. The average Bonchev–Trinajstić information content (AvgIpc) is 3.39. The summed E-state index contributed by atoms with van der Waals surface area (Å²) in [6.45, 7) is 26.4. The Labute approximate surface area is 314 Å². The van der Waals surface area contributed by atoms with Crippen molar-refractivity contribution in [1.29, 1.82) is 0 Å². The van der Waals surface area contributed by atoms with Gasteiger partial charge in [-0.2, -0.15) is 0 Å². The molecule has 1 radical (unpaired) electrons. The van der Waals surface area contributed by atoms with Crippen molar-refractivity contribution in [2.75, 3.05) is 0 Å². The third-order valence-corrected chi connectivity index (χ3v) is 11.7. The number of aryl methyl sites for hydroxylation is 2. The van der Waals surface area contributed by atoms with E-state index in [-0.39, 0.29) is 48.9 Å². The number of hydrogen-bond donors (Lipinski definition) is 1. The smallest absolute Gasteiger partial charge is 0.162 e. The first-order chi connectivity index (χ1) is 23.0. The molecule has 0 fully saturated rings. The molecule has 5 nitrogen and oxygen atoms in total. The van der Waals surface area contributed by atoms with Crippen LogP contribution in [0.2, 0.25) is 19.6 Å². The number of carbonyl (C=O) groups is 1. The Morgan fingerprint density at radius 2 is 1.52 bits per heavy atom. The number of furan rings is 1. The van der Waals surface area contributed by atoms with E-state index in [2.05, 4.69) is 102 Å². The van der Waals surface area contributed by atoms with Crippen LogP contribution in [0, 0.1) is 37.2 Å². The predicted molar refractivity (Wildman–Crippen MR) is 211 cm³/mol. The van der Waals surface area contributed by atoms with Gasteiger partial charge in [0.25, 0.3) is 0 Å². The van der Waals surface area contributed by atoms with Crippen LogP contribution in [0.1, 0.15) is 90.8 Å². The maximum Gasteiger partial charge on any atom is 0.162 e. The number of ketones is 1. The van der Waals surface area contributed by atoms with E-state index in [1.165, 1.54) is 33.3 Å². The molecule has 0 aliphatic heterocycles. The fourth-order valence-electron chi connectivity index (χ4n) is 6.61. The Morgan fingerprint density at radius 1 is 0.900 bits per heavy atom. The summed E-state index contributed by atoms with van der Waals surface area (Å²) in [7, 11) is -1.63. The molecule has 271 valence electrons. The van der Waals surface area contributed by atoms with Crippen LogP contribution in [-0.4, -0.2) is 28.9 Å². The average molecular weight is 870 g/mol. The number of fused-ring (bicyclic) bond motifs is 4. The van der Waals surface area contributed by atoms with Crippen LogP contribution >= 0.6 is 0 Å². The molecule has 3 aromatic carbocycles. The van der Waals surface area contributed by atoms with Gasteiger partial charge in [0.1, 0.15) is 23.0 Å². The summed E-state index contributed by atoms with van der Waals surface area (Å²) < 4.78 is 6.44. The first-order valence-electron chi connectivity index (χ1n) is 18.1. The number of rotatable bonds is 10. The van der Waals surface area contributed by atoms with Crippen molar-refractivity contribution >= 4 is 51.9 Å². The number of carbonyl (C=O) groups excluding carboxylic acids is 1. The first-order valence-corrected chi connectivity index (χ1v) is 21.6. The molecule has 2 heterocycles. The van der Waals surface area contributed by atoms with Crippen LogP contribution in [0.15, 0.2) is 59.0 Å². The fourth-order valence-corrected chi connectivity index (χ4v) is 8.20. The quantitative estimate of drug-likeness (QED) is 0.0655. The number of nitrogens with zero attached hydrogens (tertiary/aromatic N) is 2. The summed E-state index contributed by atoms with van der Waals surface area (Å²) in [5, 5.41) is 14.7. The molecule has 1 N–H and O–H groups in total. The van der Waals surface area contributed by atoms with Gasteiger partial charge >= 0.3 is 0 Å². The van der Waals surface area contributed by atoms with Crippen molar-refractivity contribution in [3.8, 4) is 11.3 Å². The monoisotopic (exact) mass is 870 g/mol. The Bertz CT molecular complexity index is 1970. The minimum atomic E-state index is -1.63. The molecule has 0 saturated heterocycles. The second kappa shape index (κ2) is 16.9. The van der Waals surface area contributed by atoms with Gasteiger partial charge in [0.2, 0.25) is 0 Å². The van der Waals surface area contributed by atoms with Crippen molar-refractivity contribution < 1.29 is 34.4 Å². The van der Waals surface area contributed by atoms with E-state index in [0.717, 1.165) is 70.8 Å². The Hall–Kier alpha value is -3.12. The summed E-state index contributed by atoms with van der Waals surface area (Å²) >= 11 is 0. The number of aromatic nitrogens is 2. The second-order valence-corrected chi connectivity index (χ2v) is 20.9. The summed E-state index contributed by atoms with van der Waals surface area (Å²) in [4.78, 5) is 21.0. The van der Waals surface area contributed by atoms with Crippen LogP contribution in [0.25, 0.3) is 44.1 Å². The van der Waals surface area contributed by atoms with Crippen LogP contribution in [0.4, 0.5) is 0 Å². The van der Waals surface area contributed by atoms with Crippen molar-refractivity contribution in [3.05, 3.63) is 77.3 Å². The van der Waals surface area contributed by atoms with E-state index in [4.69, 9.17) is 9.40 Å². The number of aliphatic hydroxyl groups excluding tert-OH is 1.